The Kier molecular flexibility index (Phi) is 20.5. The van der Waals surface area contributed by atoms with E-state index in [-0.39, 0.29) is 39.4 Å². The van der Waals surface area contributed by atoms with Gasteiger partial charge in [-0.1, -0.05) is 60.1 Å². The van der Waals surface area contributed by atoms with Gasteiger partial charge in [-0.3, -0.25) is 4.79 Å². The number of ether oxygens (including phenoxy) is 12. The van der Waals surface area contributed by atoms with Gasteiger partial charge in [-0.25, -0.2) is 0 Å². The van der Waals surface area contributed by atoms with Crippen molar-refractivity contribution in [3.63, 3.8) is 0 Å². The maximum Gasteiger partial charge on any atom is 0.315 e. The summed E-state index contributed by atoms with van der Waals surface area (Å²) >= 11 is 0. The molecule has 0 amide bonds. The van der Waals surface area contributed by atoms with Gasteiger partial charge in [0.2, 0.25) is 6.29 Å². The van der Waals surface area contributed by atoms with E-state index in [1.54, 1.807) is 0 Å². The van der Waals surface area contributed by atoms with Crippen molar-refractivity contribution in [2.75, 3.05) is 19.8 Å². The van der Waals surface area contributed by atoms with E-state index in [2.05, 4.69) is 54.5 Å². The molecule has 28 nitrogen and oxygen atoms in total. The highest BCUT2D eigenvalue weighted by Crippen LogP contribution is 2.76. The number of hydrogen-bond donors (Lipinski definition) is 15. The highest BCUT2D eigenvalue weighted by atomic mass is 16.8. The molecule has 15 N–H and O–H groups in total. The van der Waals surface area contributed by atoms with Crippen molar-refractivity contribution in [3.05, 3.63) is 11.6 Å². The van der Waals surface area contributed by atoms with Crippen LogP contribution in [0, 0.1) is 50.2 Å². The zero-order valence-electron chi connectivity index (χ0n) is 54.3. The Morgan fingerprint density at radius 3 is 1.63 bits per heavy atom. The van der Waals surface area contributed by atoms with Crippen molar-refractivity contribution in [1.82, 2.24) is 0 Å². The fourth-order valence-electron chi connectivity index (χ4n) is 18.8. The number of hydrogen-bond acceptors (Lipinski definition) is 28. The highest BCUT2D eigenvalue weighted by molar-refractivity contribution is 5.79. The number of carbonyl (C=O) groups excluding carboxylic acids is 1. The van der Waals surface area contributed by atoms with Crippen LogP contribution in [0.25, 0.3) is 0 Å². The summed E-state index contributed by atoms with van der Waals surface area (Å²) in [4.78, 5) is 15.5. The minimum atomic E-state index is -1.87. The van der Waals surface area contributed by atoms with E-state index >= 15 is 4.79 Å². The van der Waals surface area contributed by atoms with Gasteiger partial charge in [0, 0.05) is 0 Å². The Bertz CT molecular complexity index is 2600. The van der Waals surface area contributed by atoms with Crippen molar-refractivity contribution in [3.8, 4) is 0 Å². The molecule has 4 saturated carbocycles. The summed E-state index contributed by atoms with van der Waals surface area (Å²) < 4.78 is 72.9. The second-order valence-corrected chi connectivity index (χ2v) is 30.9. The summed E-state index contributed by atoms with van der Waals surface area (Å²) in [5.74, 6) is -0.568. The van der Waals surface area contributed by atoms with Gasteiger partial charge >= 0.3 is 5.97 Å². The summed E-state index contributed by atoms with van der Waals surface area (Å²) in [6, 6.07) is 0. The van der Waals surface area contributed by atoms with E-state index in [9.17, 15) is 76.6 Å². The Labute approximate surface area is 535 Å². The summed E-state index contributed by atoms with van der Waals surface area (Å²) in [5, 5.41) is 164. The molecule has 36 atom stereocenters. The monoisotopic (exact) mass is 1320 g/mol. The van der Waals surface area contributed by atoms with Crippen molar-refractivity contribution < 1.29 is 138 Å². The fraction of sp³-hybridized carbons (Fsp3) is 0.953. The second kappa shape index (κ2) is 26.4. The minimum absolute atomic E-state index is 0.0712. The van der Waals surface area contributed by atoms with Crippen molar-refractivity contribution in [2.45, 2.75) is 312 Å². The SMILES string of the molecule is CC1OC(OC2C(C)OC(OC3C(OC(=O)C45CCC(C)(C)CC4C4=CCC6C7(C)CCC(OC8OC(CO)C(OC9OCC(O)C(O)C9O)C(OC9OC(C)C(O)C(O)C9O)C8O)C(C)(C)C7CCC6(C)C4(C)CC5)OCC(O)C3O)C(O)C2O)C(O)C(O)C1O. The molecule has 11 rings (SSSR count). The van der Waals surface area contributed by atoms with Gasteiger partial charge in [-0.15, -0.1) is 0 Å². The molecule has 0 spiro atoms. The molecule has 11 aliphatic rings. The lowest BCUT2D eigenvalue weighted by Gasteiger charge is -2.71. The molecule has 6 heterocycles. The maximum atomic E-state index is 15.5. The molecule has 528 valence electrons. The molecular weight excluding hydrogens is 1220 g/mol. The van der Waals surface area contributed by atoms with Crippen LogP contribution in [0.15, 0.2) is 11.6 Å². The third-order valence-corrected chi connectivity index (χ3v) is 24.7. The normalized spacial score (nSPS) is 55.2. The number of aliphatic hydroxyl groups is 15. The van der Waals surface area contributed by atoms with Gasteiger partial charge in [0.1, 0.15) is 110 Å². The van der Waals surface area contributed by atoms with Crippen molar-refractivity contribution >= 4 is 5.97 Å². The maximum absolute atomic E-state index is 15.5. The smallest absolute Gasteiger partial charge is 0.315 e. The van der Waals surface area contributed by atoms with E-state index < -0.39 is 215 Å². The van der Waals surface area contributed by atoms with E-state index in [0.29, 0.717) is 38.5 Å². The average molecular weight is 1320 g/mol. The molecule has 0 aromatic rings. The van der Waals surface area contributed by atoms with Crippen LogP contribution in [0.4, 0.5) is 0 Å². The van der Waals surface area contributed by atoms with E-state index in [0.717, 1.165) is 25.7 Å². The molecule has 10 fully saturated rings. The van der Waals surface area contributed by atoms with E-state index in [1.165, 1.54) is 26.3 Å². The van der Waals surface area contributed by atoms with Gasteiger partial charge in [0.25, 0.3) is 0 Å². The van der Waals surface area contributed by atoms with Crippen LogP contribution in [0.2, 0.25) is 0 Å². The largest absolute Gasteiger partial charge is 0.432 e. The van der Waals surface area contributed by atoms with Crippen LogP contribution in [0.5, 0.6) is 0 Å². The molecule has 28 heteroatoms. The first-order valence-electron chi connectivity index (χ1n) is 33.2. The summed E-state index contributed by atoms with van der Waals surface area (Å²) in [6.45, 7) is 18.7. The highest BCUT2D eigenvalue weighted by Gasteiger charge is 2.71. The van der Waals surface area contributed by atoms with Gasteiger partial charge in [0.15, 0.2) is 37.6 Å². The molecule has 6 saturated heterocycles. The summed E-state index contributed by atoms with van der Waals surface area (Å²) in [5.41, 5.74) is -1.44. The number of aliphatic hydroxyl groups excluding tert-OH is 15. The van der Waals surface area contributed by atoms with Crippen molar-refractivity contribution in [2.24, 2.45) is 50.2 Å². The molecule has 92 heavy (non-hydrogen) atoms. The quantitative estimate of drug-likeness (QED) is 0.0537. The number of rotatable bonds is 13. The fourth-order valence-corrected chi connectivity index (χ4v) is 18.8. The number of carbonyl (C=O) groups is 1. The van der Waals surface area contributed by atoms with Crippen LogP contribution in [-0.2, 0) is 61.6 Å². The Morgan fingerprint density at radius 1 is 0.489 bits per heavy atom. The minimum Gasteiger partial charge on any atom is -0.432 e. The van der Waals surface area contributed by atoms with Crippen LogP contribution in [-0.4, -0.2) is 281 Å². The van der Waals surface area contributed by atoms with Crippen LogP contribution in [0.3, 0.4) is 0 Å². The van der Waals surface area contributed by atoms with Gasteiger partial charge in [-0.05, 0) is 130 Å². The standard InChI is InChI=1S/C64H104O28/c1-25-36(68)40(72)44(76)53(83-25)88-48-27(3)85-55(46(78)42(48)74)91-51-39(71)31(67)24-82-57(51)92-58(80)64-19-17-59(4,5)21-29(64)28-11-12-34-61(8)15-14-35(60(6,7)33(61)13-16-63(34,10)62(28,9)18-20-64)87-56-47(79)50(90-54-45(77)41(73)37(69)26(2)84-54)49(32(22-65)86-56)89-52-43(75)38(70)30(66)23-81-52/h11,25-27,29-57,65-79H,12-24H2,1-10H3. The molecule has 6 aliphatic heterocycles. The first-order valence-corrected chi connectivity index (χ1v) is 33.2. The molecular formula is C64H104O28. The van der Waals surface area contributed by atoms with Gasteiger partial charge in [-0.2, -0.15) is 0 Å². The Morgan fingerprint density at radius 2 is 1.01 bits per heavy atom. The van der Waals surface area contributed by atoms with Gasteiger partial charge in [0.05, 0.1) is 49.7 Å². The van der Waals surface area contributed by atoms with Crippen LogP contribution in [0.1, 0.15) is 133 Å². The summed E-state index contributed by atoms with van der Waals surface area (Å²) in [6.07, 6.45) is -34.8. The molecule has 5 aliphatic carbocycles. The summed E-state index contributed by atoms with van der Waals surface area (Å²) in [7, 11) is 0. The Balaban J connectivity index is 0.802. The Hall–Kier alpha value is -1.83. The number of allylic oxidation sites excluding steroid dienone is 2. The van der Waals surface area contributed by atoms with Crippen molar-refractivity contribution in [1.29, 1.82) is 0 Å². The first kappa shape index (κ1) is 71.5. The zero-order valence-corrected chi connectivity index (χ0v) is 54.3. The molecule has 36 unspecified atom stereocenters. The number of fused-ring (bicyclic) bond motifs is 7. The van der Waals surface area contributed by atoms with E-state index in [1.807, 2.05) is 0 Å². The molecule has 0 aromatic heterocycles. The molecule has 0 bridgehead atoms. The van der Waals surface area contributed by atoms with Gasteiger partial charge < -0.3 is 133 Å². The third kappa shape index (κ3) is 12.1. The molecule has 0 aromatic carbocycles. The lowest BCUT2D eigenvalue weighted by atomic mass is 9.33. The van der Waals surface area contributed by atoms with Crippen LogP contribution >= 0.6 is 0 Å². The topological polar surface area (TPSA) is 431 Å². The average Bonchev–Trinajstić information content (AvgIpc) is 0.677. The van der Waals surface area contributed by atoms with Crippen LogP contribution < -0.4 is 0 Å². The predicted octanol–water partition coefficient (Wildman–Crippen LogP) is -2.03. The predicted molar refractivity (Wildman–Crippen MR) is 312 cm³/mol. The molecule has 0 radical (unpaired) electrons. The number of esters is 1. The van der Waals surface area contributed by atoms with E-state index in [4.69, 9.17) is 56.8 Å². The first-order chi connectivity index (χ1) is 43.0. The third-order valence-electron chi connectivity index (χ3n) is 24.7. The zero-order chi connectivity index (χ0) is 67.0. The second-order valence-electron chi connectivity index (χ2n) is 30.9. The lowest BCUT2D eigenvalue weighted by Crippen LogP contribution is -2.67. The lowest BCUT2D eigenvalue weighted by molar-refractivity contribution is -0.388.